The molecule has 3 aromatic rings. The number of ether oxygens (including phenoxy) is 1. The van der Waals surface area contributed by atoms with Crippen molar-refractivity contribution >= 4 is 32.6 Å². The zero-order valence-corrected chi connectivity index (χ0v) is 18.7. The Labute approximate surface area is 176 Å². The Morgan fingerprint density at radius 1 is 1.10 bits per heavy atom. The standard InChI is InChI=1S/C23H29N3O2S/c1-16-7-8-18(17(2)13-16)14-22(27)26(12-6-11-25(3)4)23-24-20-10-9-19(28-5)15-21(20)29-23/h7-10,13,15H,6,11-12,14H2,1-5H3. The molecule has 0 aliphatic rings. The number of aryl methyl sites for hydroxylation is 2. The topological polar surface area (TPSA) is 45.7 Å². The number of rotatable bonds is 8. The highest BCUT2D eigenvalue weighted by molar-refractivity contribution is 7.22. The van der Waals surface area contributed by atoms with E-state index in [4.69, 9.17) is 9.72 Å². The Bertz CT molecular complexity index is 997. The van der Waals surface area contributed by atoms with Crippen molar-refractivity contribution in [1.82, 2.24) is 9.88 Å². The molecular formula is C23H29N3O2S. The van der Waals surface area contributed by atoms with E-state index in [9.17, 15) is 4.79 Å². The highest BCUT2D eigenvalue weighted by atomic mass is 32.1. The maximum absolute atomic E-state index is 13.3. The van der Waals surface area contributed by atoms with E-state index in [1.165, 1.54) is 16.9 Å². The number of aromatic nitrogens is 1. The number of amides is 1. The summed E-state index contributed by atoms with van der Waals surface area (Å²) in [4.78, 5) is 22.0. The lowest BCUT2D eigenvalue weighted by molar-refractivity contribution is -0.118. The molecule has 0 unspecified atom stereocenters. The third-order valence-electron chi connectivity index (χ3n) is 4.94. The van der Waals surface area contributed by atoms with Crippen LogP contribution in [0.5, 0.6) is 5.75 Å². The lowest BCUT2D eigenvalue weighted by Crippen LogP contribution is -2.34. The predicted octanol–water partition coefficient (Wildman–Crippen LogP) is 4.45. The second-order valence-corrected chi connectivity index (χ2v) is 8.65. The maximum atomic E-state index is 13.3. The van der Waals surface area contributed by atoms with Gasteiger partial charge in [-0.05, 0) is 70.2 Å². The van der Waals surface area contributed by atoms with E-state index in [-0.39, 0.29) is 5.91 Å². The molecule has 0 N–H and O–H groups in total. The van der Waals surface area contributed by atoms with Gasteiger partial charge in [-0.2, -0.15) is 0 Å². The van der Waals surface area contributed by atoms with Crippen molar-refractivity contribution in [3.8, 4) is 5.75 Å². The third-order valence-corrected chi connectivity index (χ3v) is 5.98. The van der Waals surface area contributed by atoms with Crippen molar-refractivity contribution in [2.24, 2.45) is 0 Å². The summed E-state index contributed by atoms with van der Waals surface area (Å²) in [5.41, 5.74) is 4.33. The molecule has 1 aromatic heterocycles. The first kappa shape index (κ1) is 21.3. The maximum Gasteiger partial charge on any atom is 0.233 e. The van der Waals surface area contributed by atoms with Crippen LogP contribution in [0.4, 0.5) is 5.13 Å². The second-order valence-electron chi connectivity index (χ2n) is 7.64. The molecule has 1 heterocycles. The first-order valence-electron chi connectivity index (χ1n) is 9.83. The fraction of sp³-hybridized carbons (Fsp3) is 0.391. The van der Waals surface area contributed by atoms with Crippen LogP contribution in [0.1, 0.15) is 23.1 Å². The summed E-state index contributed by atoms with van der Waals surface area (Å²) >= 11 is 1.54. The second kappa shape index (κ2) is 9.37. The zero-order valence-electron chi connectivity index (χ0n) is 17.9. The summed E-state index contributed by atoms with van der Waals surface area (Å²) in [6.07, 6.45) is 1.28. The van der Waals surface area contributed by atoms with E-state index in [0.29, 0.717) is 13.0 Å². The van der Waals surface area contributed by atoms with Gasteiger partial charge >= 0.3 is 0 Å². The largest absolute Gasteiger partial charge is 0.497 e. The minimum Gasteiger partial charge on any atom is -0.497 e. The Morgan fingerprint density at radius 2 is 1.90 bits per heavy atom. The molecule has 154 valence electrons. The lowest BCUT2D eigenvalue weighted by Gasteiger charge is -2.21. The van der Waals surface area contributed by atoms with Gasteiger partial charge in [-0.25, -0.2) is 4.98 Å². The summed E-state index contributed by atoms with van der Waals surface area (Å²) in [5.74, 6) is 0.884. The van der Waals surface area contributed by atoms with E-state index >= 15 is 0 Å². The molecule has 0 aliphatic carbocycles. The molecule has 0 saturated carbocycles. The molecule has 2 aromatic carbocycles. The van der Waals surface area contributed by atoms with Crippen molar-refractivity contribution in [2.75, 3.05) is 39.2 Å². The normalized spacial score (nSPS) is 11.2. The van der Waals surface area contributed by atoms with Gasteiger partial charge in [-0.3, -0.25) is 9.69 Å². The average Bonchev–Trinajstić information content (AvgIpc) is 3.09. The van der Waals surface area contributed by atoms with Gasteiger partial charge in [0.2, 0.25) is 5.91 Å². The molecule has 1 amide bonds. The molecule has 5 nitrogen and oxygen atoms in total. The molecule has 0 atom stereocenters. The molecule has 6 heteroatoms. The van der Waals surface area contributed by atoms with Crippen LogP contribution >= 0.6 is 11.3 Å². The molecule has 29 heavy (non-hydrogen) atoms. The number of thiazole rings is 1. The van der Waals surface area contributed by atoms with Crippen LogP contribution < -0.4 is 9.64 Å². The minimum atomic E-state index is 0.0849. The Hall–Kier alpha value is -2.44. The highest BCUT2D eigenvalue weighted by Gasteiger charge is 2.21. The van der Waals surface area contributed by atoms with Crippen LogP contribution in [0.15, 0.2) is 36.4 Å². The van der Waals surface area contributed by atoms with Gasteiger partial charge in [0.05, 0.1) is 23.7 Å². The smallest absolute Gasteiger partial charge is 0.233 e. The monoisotopic (exact) mass is 411 g/mol. The van der Waals surface area contributed by atoms with Crippen LogP contribution in [-0.4, -0.2) is 50.1 Å². The third kappa shape index (κ3) is 5.34. The number of hydrogen-bond acceptors (Lipinski definition) is 5. The van der Waals surface area contributed by atoms with Gasteiger partial charge in [-0.1, -0.05) is 35.1 Å². The molecule has 0 radical (unpaired) electrons. The van der Waals surface area contributed by atoms with E-state index < -0.39 is 0 Å². The van der Waals surface area contributed by atoms with E-state index in [2.05, 4.69) is 36.9 Å². The SMILES string of the molecule is COc1ccc2nc(N(CCCN(C)C)C(=O)Cc3ccc(C)cc3C)sc2c1. The Balaban J connectivity index is 1.87. The highest BCUT2D eigenvalue weighted by Crippen LogP contribution is 2.32. The fourth-order valence-corrected chi connectivity index (χ4v) is 4.35. The first-order chi connectivity index (χ1) is 13.9. The van der Waals surface area contributed by atoms with E-state index in [1.54, 1.807) is 7.11 Å². The number of nitrogens with zero attached hydrogens (tertiary/aromatic N) is 3. The molecule has 0 saturated heterocycles. The summed E-state index contributed by atoms with van der Waals surface area (Å²) in [5, 5.41) is 0.752. The number of methoxy groups -OCH3 is 1. The average molecular weight is 412 g/mol. The molecule has 0 aliphatic heterocycles. The summed E-state index contributed by atoms with van der Waals surface area (Å²) in [6, 6.07) is 12.1. The Kier molecular flexibility index (Phi) is 6.87. The summed E-state index contributed by atoms with van der Waals surface area (Å²) in [6.45, 7) is 5.71. The number of carbonyl (C=O) groups excluding carboxylic acids is 1. The first-order valence-corrected chi connectivity index (χ1v) is 10.6. The van der Waals surface area contributed by atoms with Crippen LogP contribution in [-0.2, 0) is 11.2 Å². The van der Waals surface area contributed by atoms with Crippen LogP contribution in [0.3, 0.4) is 0 Å². The number of carbonyl (C=O) groups is 1. The van der Waals surface area contributed by atoms with Crippen molar-refractivity contribution in [2.45, 2.75) is 26.7 Å². The van der Waals surface area contributed by atoms with Crippen LogP contribution in [0, 0.1) is 13.8 Å². The summed E-state index contributed by atoms with van der Waals surface area (Å²) < 4.78 is 6.35. The van der Waals surface area contributed by atoms with Crippen molar-refractivity contribution in [3.05, 3.63) is 53.1 Å². The quantitative estimate of drug-likeness (QED) is 0.549. The molecular weight excluding hydrogens is 382 g/mol. The number of anilines is 1. The minimum absolute atomic E-state index is 0.0849. The number of fused-ring (bicyclic) bond motifs is 1. The van der Waals surface area contributed by atoms with Gasteiger partial charge in [0, 0.05) is 6.54 Å². The van der Waals surface area contributed by atoms with Crippen molar-refractivity contribution < 1.29 is 9.53 Å². The summed E-state index contributed by atoms with van der Waals surface area (Å²) in [7, 11) is 5.75. The number of hydrogen-bond donors (Lipinski definition) is 0. The molecule has 3 rings (SSSR count). The molecule has 0 bridgehead atoms. The van der Waals surface area contributed by atoms with Crippen LogP contribution in [0.2, 0.25) is 0 Å². The van der Waals surface area contributed by atoms with Gasteiger partial charge < -0.3 is 9.64 Å². The number of benzene rings is 2. The zero-order chi connectivity index (χ0) is 21.0. The van der Waals surface area contributed by atoms with Gasteiger partial charge in [0.1, 0.15) is 5.75 Å². The molecule has 0 spiro atoms. The van der Waals surface area contributed by atoms with Crippen molar-refractivity contribution in [1.29, 1.82) is 0 Å². The Morgan fingerprint density at radius 3 is 2.59 bits per heavy atom. The van der Waals surface area contributed by atoms with Gasteiger partial charge in [0.15, 0.2) is 5.13 Å². The van der Waals surface area contributed by atoms with Crippen LogP contribution in [0.25, 0.3) is 10.2 Å². The van der Waals surface area contributed by atoms with E-state index in [1.807, 2.05) is 37.2 Å². The fourth-order valence-electron chi connectivity index (χ4n) is 3.31. The lowest BCUT2D eigenvalue weighted by atomic mass is 10.0. The van der Waals surface area contributed by atoms with Gasteiger partial charge in [0.25, 0.3) is 0 Å². The van der Waals surface area contributed by atoms with Gasteiger partial charge in [-0.15, -0.1) is 0 Å². The predicted molar refractivity (Wildman–Crippen MR) is 121 cm³/mol. The van der Waals surface area contributed by atoms with E-state index in [0.717, 1.165) is 45.2 Å². The van der Waals surface area contributed by atoms with Crippen molar-refractivity contribution in [3.63, 3.8) is 0 Å². The molecule has 0 fully saturated rings.